The number of aromatic nitrogens is 2. The second-order valence-corrected chi connectivity index (χ2v) is 7.26. The molecule has 0 radical (unpaired) electrons. The quantitative estimate of drug-likeness (QED) is 0.876. The maximum absolute atomic E-state index is 6.00. The molecule has 1 aromatic carbocycles. The van der Waals surface area contributed by atoms with Crippen LogP contribution in [0.1, 0.15) is 24.7 Å². The predicted octanol–water partition coefficient (Wildman–Crippen LogP) is 4.04. The molecule has 2 aromatic rings. The highest BCUT2D eigenvalue weighted by Crippen LogP contribution is 2.32. The van der Waals surface area contributed by atoms with Crippen LogP contribution in [0.5, 0.6) is 0 Å². The Balaban J connectivity index is 2.10. The third-order valence-electron chi connectivity index (χ3n) is 2.75. The van der Waals surface area contributed by atoms with Gasteiger partial charge in [-0.25, -0.2) is 4.98 Å². The molecule has 1 unspecified atom stereocenters. The minimum atomic E-state index is 0.223. The van der Waals surface area contributed by atoms with Crippen LogP contribution in [0.25, 0.3) is 0 Å². The van der Waals surface area contributed by atoms with E-state index in [4.69, 9.17) is 5.73 Å². The van der Waals surface area contributed by atoms with Gasteiger partial charge in [-0.1, -0.05) is 40.7 Å². The molecular formula is C13H16BrN3S2. The van der Waals surface area contributed by atoms with Crippen LogP contribution in [0.2, 0.25) is 0 Å². The smallest absolute Gasteiger partial charge is 0.174 e. The number of benzene rings is 1. The Morgan fingerprint density at radius 3 is 2.84 bits per heavy atom. The maximum atomic E-state index is 6.00. The Labute approximate surface area is 130 Å². The highest BCUT2D eigenvalue weighted by Gasteiger charge is 2.08. The summed E-state index contributed by atoms with van der Waals surface area (Å²) in [4.78, 5) is 5.52. The Hall–Kier alpha value is -0.430. The van der Waals surface area contributed by atoms with Crippen molar-refractivity contribution in [1.29, 1.82) is 0 Å². The average molecular weight is 358 g/mol. The van der Waals surface area contributed by atoms with Crippen molar-refractivity contribution in [1.82, 2.24) is 9.36 Å². The Morgan fingerprint density at radius 2 is 2.26 bits per heavy atom. The normalized spacial score (nSPS) is 12.6. The van der Waals surface area contributed by atoms with Gasteiger partial charge in [-0.15, -0.1) is 0 Å². The van der Waals surface area contributed by atoms with Crippen molar-refractivity contribution in [3.63, 3.8) is 0 Å². The lowest BCUT2D eigenvalue weighted by Gasteiger charge is -2.11. The number of hydrogen-bond acceptors (Lipinski definition) is 5. The summed E-state index contributed by atoms with van der Waals surface area (Å²) in [5.41, 5.74) is 7.25. The van der Waals surface area contributed by atoms with Gasteiger partial charge in [-0.3, -0.25) is 0 Å². The lowest BCUT2D eigenvalue weighted by Crippen LogP contribution is -2.21. The molecule has 1 aromatic heterocycles. The largest absolute Gasteiger partial charge is 0.327 e. The number of nitrogens with zero attached hydrogens (tertiary/aromatic N) is 2. The minimum absolute atomic E-state index is 0.223. The molecule has 2 rings (SSSR count). The molecule has 0 saturated carbocycles. The fourth-order valence-electron chi connectivity index (χ4n) is 1.60. The van der Waals surface area contributed by atoms with E-state index < -0.39 is 0 Å². The monoisotopic (exact) mass is 357 g/mol. The Bertz CT molecular complexity index is 557. The van der Waals surface area contributed by atoms with Gasteiger partial charge in [0.05, 0.1) is 0 Å². The molecule has 0 aliphatic rings. The van der Waals surface area contributed by atoms with Crippen molar-refractivity contribution in [2.24, 2.45) is 5.73 Å². The summed E-state index contributed by atoms with van der Waals surface area (Å²) in [6, 6.07) is 6.60. The first-order valence-corrected chi connectivity index (χ1v) is 8.49. The van der Waals surface area contributed by atoms with Crippen LogP contribution >= 0.6 is 39.2 Å². The van der Waals surface area contributed by atoms with Gasteiger partial charge in [0.25, 0.3) is 0 Å². The van der Waals surface area contributed by atoms with Crippen LogP contribution in [0.4, 0.5) is 0 Å². The van der Waals surface area contributed by atoms with Gasteiger partial charge < -0.3 is 5.73 Å². The SMILES string of the molecule is CCC(N)Cc1ccc(Sc2nc(C)ns2)cc1Br. The Morgan fingerprint density at radius 1 is 1.47 bits per heavy atom. The first kappa shape index (κ1) is 15.0. The van der Waals surface area contributed by atoms with Gasteiger partial charge in [0.1, 0.15) is 5.82 Å². The molecule has 19 heavy (non-hydrogen) atoms. The van der Waals surface area contributed by atoms with Gasteiger partial charge in [0.15, 0.2) is 4.34 Å². The van der Waals surface area contributed by atoms with Crippen molar-refractivity contribution in [3.05, 3.63) is 34.1 Å². The van der Waals surface area contributed by atoms with E-state index in [0.29, 0.717) is 0 Å². The van der Waals surface area contributed by atoms with Crippen LogP contribution < -0.4 is 5.73 Å². The zero-order chi connectivity index (χ0) is 13.8. The number of nitrogens with two attached hydrogens (primary N) is 1. The molecule has 102 valence electrons. The molecule has 2 N–H and O–H groups in total. The lowest BCUT2D eigenvalue weighted by molar-refractivity contribution is 0.645. The summed E-state index contributed by atoms with van der Waals surface area (Å²) in [5, 5.41) is 0. The summed E-state index contributed by atoms with van der Waals surface area (Å²) >= 11 is 6.70. The van der Waals surface area contributed by atoms with Crippen LogP contribution in [-0.4, -0.2) is 15.4 Å². The molecule has 0 spiro atoms. The highest BCUT2D eigenvalue weighted by molar-refractivity contribution is 9.10. The molecule has 1 heterocycles. The molecule has 0 saturated heterocycles. The Kier molecular flexibility index (Phi) is 5.38. The fraction of sp³-hybridized carbons (Fsp3) is 0.385. The highest BCUT2D eigenvalue weighted by atomic mass is 79.9. The second-order valence-electron chi connectivity index (χ2n) is 4.34. The molecule has 0 bridgehead atoms. The van der Waals surface area contributed by atoms with E-state index in [0.717, 1.165) is 32.4 Å². The third-order valence-corrected chi connectivity index (χ3v) is 5.32. The summed E-state index contributed by atoms with van der Waals surface area (Å²) in [6.45, 7) is 4.02. The van der Waals surface area contributed by atoms with Gasteiger partial charge in [0, 0.05) is 15.4 Å². The number of halogens is 1. The molecule has 0 fully saturated rings. The van der Waals surface area contributed by atoms with E-state index in [-0.39, 0.29) is 6.04 Å². The summed E-state index contributed by atoms with van der Waals surface area (Å²) in [5.74, 6) is 0.831. The zero-order valence-corrected chi connectivity index (χ0v) is 14.1. The summed E-state index contributed by atoms with van der Waals surface area (Å²) in [7, 11) is 0. The molecule has 0 amide bonds. The van der Waals surface area contributed by atoms with E-state index in [1.54, 1.807) is 11.8 Å². The first-order valence-electron chi connectivity index (χ1n) is 6.10. The van der Waals surface area contributed by atoms with Crippen LogP contribution in [0.15, 0.2) is 31.9 Å². The summed E-state index contributed by atoms with van der Waals surface area (Å²) < 4.78 is 6.27. The predicted molar refractivity (Wildman–Crippen MR) is 84.9 cm³/mol. The van der Waals surface area contributed by atoms with Crippen molar-refractivity contribution >= 4 is 39.2 Å². The molecule has 3 nitrogen and oxygen atoms in total. The van der Waals surface area contributed by atoms with Crippen molar-refractivity contribution in [3.8, 4) is 0 Å². The second kappa shape index (κ2) is 6.83. The van der Waals surface area contributed by atoms with Crippen LogP contribution in [0.3, 0.4) is 0 Å². The maximum Gasteiger partial charge on any atom is 0.174 e. The van der Waals surface area contributed by atoms with E-state index >= 15 is 0 Å². The third kappa shape index (κ3) is 4.27. The van der Waals surface area contributed by atoms with E-state index in [1.165, 1.54) is 17.1 Å². The molecule has 0 aliphatic heterocycles. The van der Waals surface area contributed by atoms with Crippen molar-refractivity contribution in [2.45, 2.75) is 42.0 Å². The van der Waals surface area contributed by atoms with Crippen LogP contribution in [0, 0.1) is 6.92 Å². The topological polar surface area (TPSA) is 51.8 Å². The van der Waals surface area contributed by atoms with Crippen molar-refractivity contribution < 1.29 is 0 Å². The van der Waals surface area contributed by atoms with Crippen molar-refractivity contribution in [2.75, 3.05) is 0 Å². The molecule has 6 heteroatoms. The molecule has 0 aliphatic carbocycles. The van der Waals surface area contributed by atoms with Gasteiger partial charge in [-0.2, -0.15) is 4.37 Å². The molecule has 1 atom stereocenters. The van der Waals surface area contributed by atoms with E-state index in [9.17, 15) is 0 Å². The first-order chi connectivity index (χ1) is 9.08. The van der Waals surface area contributed by atoms with Gasteiger partial charge >= 0.3 is 0 Å². The standard InChI is InChI=1S/C13H16BrN3S2/c1-3-10(15)6-9-4-5-11(7-12(9)14)18-13-16-8(2)17-19-13/h4-5,7,10H,3,6,15H2,1-2H3. The molecular weight excluding hydrogens is 342 g/mol. The fourth-order valence-corrected chi connectivity index (χ4v) is 3.96. The van der Waals surface area contributed by atoms with Crippen LogP contribution in [-0.2, 0) is 6.42 Å². The number of rotatable bonds is 5. The van der Waals surface area contributed by atoms with E-state index in [1.807, 2.05) is 6.92 Å². The summed E-state index contributed by atoms with van der Waals surface area (Å²) in [6.07, 6.45) is 1.90. The van der Waals surface area contributed by atoms with Gasteiger partial charge in [-0.05, 0) is 49.0 Å². The number of aryl methyl sites for hydroxylation is 1. The minimum Gasteiger partial charge on any atom is -0.327 e. The zero-order valence-electron chi connectivity index (χ0n) is 10.9. The number of hydrogen-bond donors (Lipinski definition) is 1. The van der Waals surface area contributed by atoms with E-state index in [2.05, 4.69) is 50.4 Å². The van der Waals surface area contributed by atoms with Gasteiger partial charge in [0.2, 0.25) is 0 Å². The average Bonchev–Trinajstić information content (AvgIpc) is 2.78. The lowest BCUT2D eigenvalue weighted by atomic mass is 10.1.